The van der Waals surface area contributed by atoms with E-state index in [9.17, 15) is 14.4 Å². The van der Waals surface area contributed by atoms with Gasteiger partial charge >= 0.3 is 12.1 Å². The molecule has 39 heavy (non-hydrogen) atoms. The highest BCUT2D eigenvalue weighted by Gasteiger charge is 2.26. The Morgan fingerprint density at radius 3 is 2.13 bits per heavy atom. The molecule has 0 spiro atoms. The molecule has 5 rings (SSSR count). The molecule has 0 aliphatic heterocycles. The quantitative estimate of drug-likeness (QED) is 0.185. The van der Waals surface area contributed by atoms with E-state index < -0.39 is 24.7 Å². The highest BCUT2D eigenvalue weighted by atomic mass is 16.6. The molecule has 4 aromatic carbocycles. The first-order chi connectivity index (χ1) is 19.1. The van der Waals surface area contributed by atoms with Crippen molar-refractivity contribution in [3.05, 3.63) is 127 Å². The third-order valence-electron chi connectivity index (χ3n) is 6.29. The van der Waals surface area contributed by atoms with Gasteiger partial charge in [0.25, 0.3) is 0 Å². The summed E-state index contributed by atoms with van der Waals surface area (Å²) in [6.07, 6.45) is 1.13. The highest BCUT2D eigenvalue weighted by molar-refractivity contribution is 5.98. The van der Waals surface area contributed by atoms with E-state index in [4.69, 9.17) is 9.47 Å². The number of aromatic nitrogens is 1. The summed E-state index contributed by atoms with van der Waals surface area (Å²) in [5.41, 5.74) is 4.16. The molecule has 5 aromatic rings. The molecular weight excluding hydrogens is 492 g/mol. The molecule has 0 saturated heterocycles. The summed E-state index contributed by atoms with van der Waals surface area (Å²) < 4.78 is 10.7. The Morgan fingerprint density at radius 2 is 1.38 bits per heavy atom. The molecule has 194 valence electrons. The van der Waals surface area contributed by atoms with Crippen LogP contribution in [0.3, 0.4) is 0 Å². The van der Waals surface area contributed by atoms with Crippen LogP contribution in [0.1, 0.15) is 15.9 Å². The first-order valence-corrected chi connectivity index (χ1v) is 12.5. The number of hydrogen-bond donors (Lipinski definition) is 2. The molecule has 0 radical (unpaired) electrons. The number of amides is 1. The fraction of sp³-hybridized carbons (Fsp3) is 0.0938. The normalized spacial score (nSPS) is 11.5. The molecule has 1 heterocycles. The lowest BCUT2D eigenvalue weighted by Gasteiger charge is -2.17. The van der Waals surface area contributed by atoms with Crippen molar-refractivity contribution >= 4 is 28.7 Å². The summed E-state index contributed by atoms with van der Waals surface area (Å²) in [7, 11) is 0. The highest BCUT2D eigenvalue weighted by Crippen LogP contribution is 2.21. The lowest BCUT2D eigenvalue weighted by molar-refractivity contribution is -0.144. The minimum atomic E-state index is -1.08. The maximum absolute atomic E-state index is 13.1. The number of Topliss-reactive ketones (excluding diaryl/α,β-unsaturated/α-hetero) is 1. The van der Waals surface area contributed by atoms with Crippen molar-refractivity contribution < 1.29 is 23.9 Å². The number of rotatable bonds is 9. The molecule has 1 amide bonds. The summed E-state index contributed by atoms with van der Waals surface area (Å²) in [6, 6.07) is 32.0. The van der Waals surface area contributed by atoms with Crippen LogP contribution in [-0.2, 0) is 16.0 Å². The summed E-state index contributed by atoms with van der Waals surface area (Å²) in [5, 5.41) is 3.52. The van der Waals surface area contributed by atoms with Crippen LogP contribution < -0.4 is 10.1 Å². The van der Waals surface area contributed by atoms with Gasteiger partial charge in [-0.15, -0.1) is 0 Å². The van der Waals surface area contributed by atoms with Gasteiger partial charge in [0, 0.05) is 29.1 Å². The molecule has 2 N–H and O–H groups in total. The molecule has 0 aliphatic rings. The van der Waals surface area contributed by atoms with Gasteiger partial charge in [-0.25, -0.2) is 9.59 Å². The number of benzene rings is 4. The molecule has 1 unspecified atom stereocenters. The van der Waals surface area contributed by atoms with Crippen molar-refractivity contribution in [3.8, 4) is 16.9 Å². The van der Waals surface area contributed by atoms with Gasteiger partial charge in [0.2, 0.25) is 0 Å². The molecule has 7 heteroatoms. The number of H-pyrrole nitrogens is 1. The molecule has 0 fully saturated rings. The predicted octanol–water partition coefficient (Wildman–Crippen LogP) is 5.96. The lowest BCUT2D eigenvalue weighted by atomic mass is 10.0. The van der Waals surface area contributed by atoms with Gasteiger partial charge < -0.3 is 19.8 Å². The number of fused-ring (bicyclic) bond motifs is 1. The van der Waals surface area contributed by atoms with Crippen LogP contribution in [0, 0.1) is 0 Å². The van der Waals surface area contributed by atoms with Crippen molar-refractivity contribution in [3.63, 3.8) is 0 Å². The Bertz CT molecular complexity index is 1580. The Hall–Kier alpha value is -5.17. The van der Waals surface area contributed by atoms with E-state index in [1.807, 2.05) is 66.7 Å². The van der Waals surface area contributed by atoms with Gasteiger partial charge in [-0.2, -0.15) is 0 Å². The Kier molecular flexibility index (Phi) is 7.79. The number of carbonyl (C=O) groups is 3. The number of nitrogens with one attached hydrogen (secondary N) is 2. The van der Waals surface area contributed by atoms with E-state index in [0.29, 0.717) is 11.3 Å². The van der Waals surface area contributed by atoms with Crippen LogP contribution in [0.25, 0.3) is 22.0 Å². The smallest absolute Gasteiger partial charge is 0.413 e. The molecule has 0 bridgehead atoms. The van der Waals surface area contributed by atoms with Crippen LogP contribution in [-0.4, -0.2) is 35.5 Å². The van der Waals surface area contributed by atoms with Crippen molar-refractivity contribution in [2.75, 3.05) is 6.61 Å². The second kappa shape index (κ2) is 11.9. The van der Waals surface area contributed by atoms with Crippen LogP contribution >= 0.6 is 0 Å². The average Bonchev–Trinajstić information content (AvgIpc) is 3.39. The molecule has 1 atom stereocenters. The minimum Gasteiger partial charge on any atom is -0.456 e. The predicted molar refractivity (Wildman–Crippen MR) is 149 cm³/mol. The standard InChI is InChI=1S/C32H26N2O5/c35-30(24-17-15-23(16-18-24)22-9-3-1-4-10-22)21-38-31(36)29(34-32(37)39-26-11-5-2-6-12-26)19-25-20-33-28-14-8-7-13-27(25)28/h1-18,20,29,33H,19,21H2,(H,34,37). The minimum absolute atomic E-state index is 0.146. The zero-order valence-electron chi connectivity index (χ0n) is 21.0. The molecule has 1 aromatic heterocycles. The molecule has 0 saturated carbocycles. The second-order valence-corrected chi connectivity index (χ2v) is 8.94. The first kappa shape index (κ1) is 25.5. The largest absolute Gasteiger partial charge is 0.456 e. The van der Waals surface area contributed by atoms with Gasteiger partial charge in [0.1, 0.15) is 11.8 Å². The topological polar surface area (TPSA) is 97.5 Å². The number of aromatic amines is 1. The van der Waals surface area contributed by atoms with E-state index in [1.165, 1.54) is 0 Å². The number of carbonyl (C=O) groups excluding carboxylic acids is 3. The number of ketones is 1. The number of para-hydroxylation sites is 2. The molecule has 0 aliphatic carbocycles. The van der Waals surface area contributed by atoms with Crippen LogP contribution in [0.15, 0.2) is 115 Å². The van der Waals surface area contributed by atoms with Crippen molar-refractivity contribution in [2.45, 2.75) is 12.5 Å². The fourth-order valence-corrected chi connectivity index (χ4v) is 4.28. The summed E-state index contributed by atoms with van der Waals surface area (Å²) in [4.78, 5) is 41.7. The number of esters is 1. The Morgan fingerprint density at radius 1 is 0.744 bits per heavy atom. The van der Waals surface area contributed by atoms with Crippen LogP contribution in [0.5, 0.6) is 5.75 Å². The number of ether oxygens (including phenoxy) is 2. The van der Waals surface area contributed by atoms with Crippen molar-refractivity contribution in [1.29, 1.82) is 0 Å². The van der Waals surface area contributed by atoms with Crippen molar-refractivity contribution in [2.24, 2.45) is 0 Å². The first-order valence-electron chi connectivity index (χ1n) is 12.5. The van der Waals surface area contributed by atoms with Gasteiger partial charge in [-0.05, 0) is 34.9 Å². The van der Waals surface area contributed by atoms with Gasteiger partial charge in [0.05, 0.1) is 0 Å². The maximum atomic E-state index is 13.1. The lowest BCUT2D eigenvalue weighted by Crippen LogP contribution is -2.45. The zero-order valence-corrected chi connectivity index (χ0v) is 21.0. The van der Waals surface area contributed by atoms with E-state index in [-0.39, 0.29) is 12.2 Å². The van der Waals surface area contributed by atoms with Gasteiger partial charge in [-0.3, -0.25) is 4.79 Å². The van der Waals surface area contributed by atoms with Crippen LogP contribution in [0.4, 0.5) is 4.79 Å². The summed E-state index contributed by atoms with van der Waals surface area (Å²) in [5.74, 6) is -0.747. The third kappa shape index (κ3) is 6.40. The Labute approximate surface area is 225 Å². The summed E-state index contributed by atoms with van der Waals surface area (Å²) in [6.45, 7) is -0.455. The van der Waals surface area contributed by atoms with Gasteiger partial charge in [-0.1, -0.05) is 91.0 Å². The van der Waals surface area contributed by atoms with Crippen molar-refractivity contribution in [1.82, 2.24) is 10.3 Å². The van der Waals surface area contributed by atoms with E-state index in [2.05, 4.69) is 10.3 Å². The van der Waals surface area contributed by atoms with E-state index in [0.717, 1.165) is 27.6 Å². The molecule has 7 nitrogen and oxygen atoms in total. The molecular formula is C32H26N2O5. The third-order valence-corrected chi connectivity index (χ3v) is 6.29. The van der Waals surface area contributed by atoms with E-state index >= 15 is 0 Å². The Balaban J connectivity index is 1.26. The van der Waals surface area contributed by atoms with Gasteiger partial charge in [0.15, 0.2) is 12.4 Å². The average molecular weight is 519 g/mol. The fourth-order valence-electron chi connectivity index (χ4n) is 4.28. The summed E-state index contributed by atoms with van der Waals surface area (Å²) >= 11 is 0. The SMILES string of the molecule is O=C(NC(Cc1c[nH]c2ccccc12)C(=O)OCC(=O)c1ccc(-c2ccccc2)cc1)Oc1ccccc1. The number of hydrogen-bond acceptors (Lipinski definition) is 5. The second-order valence-electron chi connectivity index (χ2n) is 8.94. The zero-order chi connectivity index (χ0) is 27.0. The monoisotopic (exact) mass is 518 g/mol. The maximum Gasteiger partial charge on any atom is 0.413 e. The van der Waals surface area contributed by atoms with E-state index in [1.54, 1.807) is 48.7 Å². The van der Waals surface area contributed by atoms with Crippen LogP contribution in [0.2, 0.25) is 0 Å².